The lowest BCUT2D eigenvalue weighted by molar-refractivity contribution is -0.145. The molecule has 11 heteroatoms. The zero-order valence-electron chi connectivity index (χ0n) is 29.2. The van der Waals surface area contributed by atoms with Crippen LogP contribution in [0.3, 0.4) is 0 Å². The second-order valence-corrected chi connectivity index (χ2v) is 16.7. The van der Waals surface area contributed by atoms with Gasteiger partial charge >= 0.3 is 6.09 Å². The minimum atomic E-state index is -4.02. The van der Waals surface area contributed by atoms with E-state index in [2.05, 4.69) is 6.92 Å². The summed E-state index contributed by atoms with van der Waals surface area (Å²) in [5.74, 6) is 0. The number of nitrogens with zero attached hydrogens (tertiary/aromatic N) is 1. The van der Waals surface area contributed by atoms with E-state index in [0.717, 1.165) is 31.8 Å². The summed E-state index contributed by atoms with van der Waals surface area (Å²) in [6.07, 6.45) is 20.5. The number of carbonyl (C=O) groups is 1. The summed E-state index contributed by atoms with van der Waals surface area (Å²) in [4.78, 5) is 14.5. The van der Waals surface area contributed by atoms with Crippen LogP contribution in [0.15, 0.2) is 0 Å². The van der Waals surface area contributed by atoms with E-state index in [9.17, 15) is 21.6 Å². The number of unbranched alkanes of at least 4 members (excludes halogenated alkanes) is 16. The van der Waals surface area contributed by atoms with Crippen LogP contribution in [0.1, 0.15) is 156 Å². The Morgan fingerprint density at radius 1 is 0.682 bits per heavy atom. The van der Waals surface area contributed by atoms with E-state index >= 15 is 0 Å². The van der Waals surface area contributed by atoms with Crippen LogP contribution in [0.4, 0.5) is 4.79 Å². The molecule has 0 aromatic carbocycles. The molecule has 0 saturated heterocycles. The average Bonchev–Trinajstić information content (AvgIpc) is 2.95. The van der Waals surface area contributed by atoms with Crippen molar-refractivity contribution in [1.82, 2.24) is 4.90 Å². The summed E-state index contributed by atoms with van der Waals surface area (Å²) in [5, 5.41) is 0. The van der Waals surface area contributed by atoms with Crippen LogP contribution in [0, 0.1) is 0 Å². The Bertz CT molecular complexity index is 941. The minimum Gasteiger partial charge on any atom is -0.418 e. The Kier molecular flexibility index (Phi) is 23.8. The van der Waals surface area contributed by atoms with Crippen molar-refractivity contribution in [3.63, 3.8) is 0 Å². The van der Waals surface area contributed by atoms with Crippen LogP contribution in [-0.2, 0) is 33.6 Å². The summed E-state index contributed by atoms with van der Waals surface area (Å²) in [7, 11) is -6.41. The monoisotopic (exact) mass is 669 g/mol. The van der Waals surface area contributed by atoms with Gasteiger partial charge in [-0.2, -0.15) is 8.42 Å². The molecule has 0 spiro atoms. The van der Waals surface area contributed by atoms with E-state index in [1.54, 1.807) is 7.05 Å². The van der Waals surface area contributed by atoms with E-state index in [1.807, 2.05) is 13.8 Å². The van der Waals surface area contributed by atoms with Crippen LogP contribution < -0.4 is 0 Å². The smallest absolute Gasteiger partial charge is 0.411 e. The van der Waals surface area contributed by atoms with Crippen LogP contribution in [-0.4, -0.2) is 77.7 Å². The van der Waals surface area contributed by atoms with Gasteiger partial charge in [0.05, 0.1) is 12.9 Å². The largest absolute Gasteiger partial charge is 0.418 e. The fourth-order valence-electron chi connectivity index (χ4n) is 5.31. The molecular formula is C33H67NO8S2. The second-order valence-electron chi connectivity index (χ2n) is 12.7. The molecule has 264 valence electrons. The van der Waals surface area contributed by atoms with Crippen molar-refractivity contribution in [1.29, 1.82) is 0 Å². The highest BCUT2D eigenvalue weighted by Gasteiger charge is 2.55. The number of rotatable bonds is 29. The molecule has 0 aliphatic carbocycles. The molecule has 0 N–H and O–H groups in total. The highest BCUT2D eigenvalue weighted by Crippen LogP contribution is 2.34. The van der Waals surface area contributed by atoms with Crippen molar-refractivity contribution in [2.75, 3.05) is 32.7 Å². The quantitative estimate of drug-likeness (QED) is 0.0443. The Hall–Kier alpha value is -0.910. The minimum absolute atomic E-state index is 0.130. The van der Waals surface area contributed by atoms with Gasteiger partial charge in [-0.25, -0.2) is 13.2 Å². The summed E-state index contributed by atoms with van der Waals surface area (Å²) in [5.41, 5.74) is 0. The number of ether oxygens (including phenoxy) is 2. The molecule has 3 atom stereocenters. The Morgan fingerprint density at radius 2 is 1.11 bits per heavy atom. The molecule has 3 unspecified atom stereocenters. The van der Waals surface area contributed by atoms with Crippen molar-refractivity contribution in [2.24, 2.45) is 0 Å². The van der Waals surface area contributed by atoms with Gasteiger partial charge in [-0.15, -0.1) is 0 Å². The van der Waals surface area contributed by atoms with Crippen LogP contribution >= 0.6 is 0 Å². The first-order chi connectivity index (χ1) is 20.7. The zero-order valence-corrected chi connectivity index (χ0v) is 30.9. The number of carbonyl (C=O) groups excluding carboxylic acids is 1. The third-order valence-corrected chi connectivity index (χ3v) is 11.0. The number of sulfone groups is 1. The molecule has 0 rings (SSSR count). The van der Waals surface area contributed by atoms with Crippen molar-refractivity contribution in [2.45, 2.75) is 173 Å². The third-order valence-electron chi connectivity index (χ3n) is 8.36. The molecule has 0 bridgehead atoms. The van der Waals surface area contributed by atoms with Gasteiger partial charge in [0.25, 0.3) is 10.1 Å². The highest BCUT2D eigenvalue weighted by molar-refractivity contribution is 7.92. The van der Waals surface area contributed by atoms with Crippen molar-refractivity contribution < 1.29 is 35.3 Å². The van der Waals surface area contributed by atoms with Crippen LogP contribution in [0.2, 0.25) is 0 Å². The van der Waals surface area contributed by atoms with Crippen LogP contribution in [0.5, 0.6) is 0 Å². The average molecular weight is 670 g/mol. The molecule has 0 aliphatic heterocycles. The first-order valence-electron chi connectivity index (χ1n) is 17.4. The number of hydrogen-bond acceptors (Lipinski definition) is 8. The Morgan fingerprint density at radius 3 is 1.50 bits per heavy atom. The summed E-state index contributed by atoms with van der Waals surface area (Å²) < 4.78 is 65.4. The van der Waals surface area contributed by atoms with E-state index in [4.69, 9.17) is 13.7 Å². The second kappa shape index (κ2) is 24.3. The third kappa shape index (κ3) is 18.9. The van der Waals surface area contributed by atoms with Gasteiger partial charge in [-0.3, -0.25) is 4.18 Å². The summed E-state index contributed by atoms with van der Waals surface area (Å²) in [6, 6.07) is 0. The first-order valence-corrected chi connectivity index (χ1v) is 21.1. The maximum atomic E-state index is 13.2. The molecule has 0 aromatic rings. The molecule has 9 nitrogen and oxygen atoms in total. The lowest BCUT2D eigenvalue weighted by Gasteiger charge is -2.40. The molecule has 0 aliphatic rings. The van der Waals surface area contributed by atoms with Gasteiger partial charge in [0.15, 0.2) is 14.6 Å². The van der Waals surface area contributed by atoms with Gasteiger partial charge in [0.2, 0.25) is 6.29 Å². The lowest BCUT2D eigenvalue weighted by atomic mass is 9.97. The SMILES string of the molecule is CCCCCCCCCCCCCCCCCCN(C)C(=O)OC(OCCC)C(C)(C(CCCC)OS(C)(=O)=O)S(C)(=O)=O. The topological polar surface area (TPSA) is 116 Å². The van der Waals surface area contributed by atoms with E-state index < -0.39 is 43.2 Å². The lowest BCUT2D eigenvalue weighted by Crippen LogP contribution is -2.59. The molecule has 0 radical (unpaired) electrons. The Balaban J connectivity index is 4.77. The molecule has 0 saturated carbocycles. The van der Waals surface area contributed by atoms with Gasteiger partial charge in [-0.05, 0) is 26.2 Å². The van der Waals surface area contributed by atoms with Gasteiger partial charge in [0, 0.05) is 19.8 Å². The fraction of sp³-hybridized carbons (Fsp3) is 0.970. The van der Waals surface area contributed by atoms with E-state index in [0.29, 0.717) is 25.8 Å². The van der Waals surface area contributed by atoms with Gasteiger partial charge < -0.3 is 14.4 Å². The van der Waals surface area contributed by atoms with Gasteiger partial charge in [-0.1, -0.05) is 130 Å². The summed E-state index contributed by atoms with van der Waals surface area (Å²) >= 11 is 0. The highest BCUT2D eigenvalue weighted by atomic mass is 32.2. The first kappa shape index (κ1) is 43.1. The fourth-order valence-corrected chi connectivity index (χ4v) is 7.20. The molecule has 0 aromatic heterocycles. The normalized spacial score (nSPS) is 15.1. The number of hydrogen-bond donors (Lipinski definition) is 0. The Labute approximate surface area is 271 Å². The molecule has 44 heavy (non-hydrogen) atoms. The summed E-state index contributed by atoms with van der Waals surface area (Å²) in [6.45, 7) is 7.96. The molecular weight excluding hydrogens is 602 g/mol. The standard InChI is InChI=1S/C33H67NO8S2/c1-8-11-13-14-15-16-17-18-19-20-21-22-23-24-25-26-28-34(5)32(35)41-31(40-29-10-3)33(4,43(6,36)37)30(27-12-9-2)42-44(7,38)39/h30-31H,8-29H2,1-7H3. The number of amides is 1. The van der Waals surface area contributed by atoms with Gasteiger partial charge in [0.1, 0.15) is 6.10 Å². The maximum absolute atomic E-state index is 13.2. The maximum Gasteiger partial charge on any atom is 0.411 e. The van der Waals surface area contributed by atoms with E-state index in [1.165, 1.54) is 95.3 Å². The van der Waals surface area contributed by atoms with Crippen molar-refractivity contribution in [3.8, 4) is 0 Å². The van der Waals surface area contributed by atoms with Crippen molar-refractivity contribution in [3.05, 3.63) is 0 Å². The predicted octanol–water partition coefficient (Wildman–Crippen LogP) is 8.41. The van der Waals surface area contributed by atoms with E-state index in [-0.39, 0.29) is 13.0 Å². The molecule has 0 fully saturated rings. The predicted molar refractivity (Wildman–Crippen MR) is 181 cm³/mol. The molecule has 0 heterocycles. The van der Waals surface area contributed by atoms with Crippen LogP contribution in [0.25, 0.3) is 0 Å². The zero-order chi connectivity index (χ0) is 33.5. The van der Waals surface area contributed by atoms with Crippen molar-refractivity contribution >= 4 is 26.0 Å². The molecule has 1 amide bonds.